The Balaban J connectivity index is 2.15. The largest absolute Gasteiger partial charge is 0.379 e. The summed E-state index contributed by atoms with van der Waals surface area (Å²) >= 11 is 1.55. The molecule has 3 nitrogen and oxygen atoms in total. The lowest BCUT2D eigenvalue weighted by Crippen LogP contribution is -2.41. The molecule has 1 atom stereocenters. The third-order valence-electron chi connectivity index (χ3n) is 1.80. The minimum atomic E-state index is 0.123. The highest BCUT2D eigenvalue weighted by Gasteiger charge is 2.15. The molecule has 0 spiro atoms. The molecule has 0 bridgehead atoms. The first-order valence-corrected chi connectivity index (χ1v) is 5.58. The van der Waals surface area contributed by atoms with E-state index in [1.54, 1.807) is 11.8 Å². The molecule has 0 aromatic rings. The quantitative estimate of drug-likeness (QED) is 0.708. The summed E-state index contributed by atoms with van der Waals surface area (Å²) in [6.45, 7) is 1.52. The normalized spacial score (nSPS) is 23.6. The van der Waals surface area contributed by atoms with Crippen molar-refractivity contribution in [2.45, 2.75) is 18.9 Å². The molecule has 0 saturated carbocycles. The lowest BCUT2D eigenvalue weighted by atomic mass is 10.1. The van der Waals surface area contributed by atoms with E-state index in [9.17, 15) is 4.79 Å². The number of ether oxygens (including phenoxy) is 1. The van der Waals surface area contributed by atoms with Crippen molar-refractivity contribution >= 4 is 17.7 Å². The third-order valence-corrected chi connectivity index (χ3v) is 2.35. The molecule has 1 rings (SSSR count). The maximum Gasteiger partial charge on any atom is 0.230 e. The van der Waals surface area contributed by atoms with Gasteiger partial charge in [0, 0.05) is 6.61 Å². The minimum Gasteiger partial charge on any atom is -0.379 e. The highest BCUT2D eigenvalue weighted by Crippen LogP contribution is 2.05. The summed E-state index contributed by atoms with van der Waals surface area (Å²) in [5, 5.41) is 2.94. The molecule has 1 amide bonds. The molecule has 4 heteroatoms. The number of thioether (sulfide) groups is 1. The standard InChI is InChI=1S/C8H15NO2S/c1-12-6-8(10)9-7-3-2-4-11-5-7/h7H,2-6H2,1H3,(H,9,10)/t7-/m1/s1. The average molecular weight is 189 g/mol. The zero-order valence-electron chi connectivity index (χ0n) is 7.34. The van der Waals surface area contributed by atoms with Crippen LogP contribution in [-0.4, -0.2) is 37.2 Å². The molecule has 0 aliphatic carbocycles. The van der Waals surface area contributed by atoms with Crippen LogP contribution < -0.4 is 5.32 Å². The molecule has 1 N–H and O–H groups in total. The van der Waals surface area contributed by atoms with Gasteiger partial charge in [-0.15, -0.1) is 0 Å². The molecule has 1 saturated heterocycles. The molecule has 1 aliphatic rings. The fourth-order valence-corrected chi connectivity index (χ4v) is 1.60. The number of carbonyl (C=O) groups excluding carboxylic acids is 1. The average Bonchev–Trinajstić information content (AvgIpc) is 2.06. The van der Waals surface area contributed by atoms with E-state index in [0.717, 1.165) is 19.4 Å². The van der Waals surface area contributed by atoms with Crippen LogP contribution in [0.3, 0.4) is 0 Å². The van der Waals surface area contributed by atoms with E-state index in [1.165, 1.54) is 0 Å². The van der Waals surface area contributed by atoms with Gasteiger partial charge in [-0.2, -0.15) is 11.8 Å². The van der Waals surface area contributed by atoms with Crippen molar-refractivity contribution in [3.05, 3.63) is 0 Å². The molecule has 0 unspecified atom stereocenters. The maximum absolute atomic E-state index is 11.1. The van der Waals surface area contributed by atoms with Crippen LogP contribution in [0.25, 0.3) is 0 Å². The number of carbonyl (C=O) groups is 1. The van der Waals surface area contributed by atoms with Gasteiger partial charge in [-0.3, -0.25) is 4.79 Å². The summed E-state index contributed by atoms with van der Waals surface area (Å²) in [4.78, 5) is 11.1. The molecule has 12 heavy (non-hydrogen) atoms. The van der Waals surface area contributed by atoms with Crippen LogP contribution >= 0.6 is 11.8 Å². The Morgan fingerprint density at radius 3 is 3.17 bits per heavy atom. The molecular formula is C8H15NO2S. The van der Waals surface area contributed by atoms with Gasteiger partial charge in [-0.05, 0) is 19.1 Å². The van der Waals surface area contributed by atoms with Crippen LogP contribution in [0, 0.1) is 0 Å². The lowest BCUT2D eigenvalue weighted by molar-refractivity contribution is -0.120. The van der Waals surface area contributed by atoms with Crippen molar-refractivity contribution in [2.75, 3.05) is 25.2 Å². The monoisotopic (exact) mass is 189 g/mol. The highest BCUT2D eigenvalue weighted by molar-refractivity contribution is 7.99. The van der Waals surface area contributed by atoms with E-state index in [4.69, 9.17) is 4.74 Å². The molecule has 0 aromatic heterocycles. The number of hydrogen-bond donors (Lipinski definition) is 1. The van der Waals surface area contributed by atoms with Gasteiger partial charge in [-0.25, -0.2) is 0 Å². The predicted molar refractivity (Wildman–Crippen MR) is 50.4 cm³/mol. The molecule has 1 aliphatic heterocycles. The molecule has 70 valence electrons. The third kappa shape index (κ3) is 3.45. The first-order valence-electron chi connectivity index (χ1n) is 4.19. The Labute approximate surface area is 77.2 Å². The summed E-state index contributed by atoms with van der Waals surface area (Å²) in [7, 11) is 0. The fraction of sp³-hybridized carbons (Fsp3) is 0.875. The van der Waals surface area contributed by atoms with Crippen LogP contribution in [0.2, 0.25) is 0 Å². The molecular weight excluding hydrogens is 174 g/mol. The Hall–Kier alpha value is -0.220. The Morgan fingerprint density at radius 1 is 1.75 bits per heavy atom. The Bertz CT molecular complexity index is 146. The van der Waals surface area contributed by atoms with Gasteiger partial charge in [0.2, 0.25) is 5.91 Å². The second-order valence-electron chi connectivity index (χ2n) is 2.91. The van der Waals surface area contributed by atoms with Gasteiger partial charge < -0.3 is 10.1 Å². The zero-order chi connectivity index (χ0) is 8.81. The van der Waals surface area contributed by atoms with Crippen molar-refractivity contribution in [3.8, 4) is 0 Å². The van der Waals surface area contributed by atoms with E-state index in [-0.39, 0.29) is 11.9 Å². The molecule has 1 fully saturated rings. The van der Waals surface area contributed by atoms with E-state index < -0.39 is 0 Å². The Kier molecular flexibility index (Phi) is 4.46. The SMILES string of the molecule is CSCC(=O)N[C@@H]1CCCOC1. The first-order chi connectivity index (χ1) is 5.83. The first kappa shape index (κ1) is 9.86. The Morgan fingerprint density at radius 2 is 2.58 bits per heavy atom. The van der Waals surface area contributed by atoms with Crippen molar-refractivity contribution in [1.29, 1.82) is 0 Å². The summed E-state index contributed by atoms with van der Waals surface area (Å²) in [5.74, 6) is 0.675. The zero-order valence-corrected chi connectivity index (χ0v) is 8.15. The van der Waals surface area contributed by atoms with E-state index in [0.29, 0.717) is 12.4 Å². The minimum absolute atomic E-state index is 0.123. The van der Waals surface area contributed by atoms with E-state index in [2.05, 4.69) is 5.32 Å². The number of nitrogens with one attached hydrogen (secondary N) is 1. The second kappa shape index (κ2) is 5.43. The fourth-order valence-electron chi connectivity index (χ4n) is 1.25. The maximum atomic E-state index is 11.1. The predicted octanol–water partition coefficient (Wildman–Crippen LogP) is 0.645. The van der Waals surface area contributed by atoms with Crippen LogP contribution in [-0.2, 0) is 9.53 Å². The van der Waals surface area contributed by atoms with Crippen LogP contribution in [0.1, 0.15) is 12.8 Å². The van der Waals surface area contributed by atoms with Crippen molar-refractivity contribution in [3.63, 3.8) is 0 Å². The van der Waals surface area contributed by atoms with Gasteiger partial charge in [0.05, 0.1) is 18.4 Å². The van der Waals surface area contributed by atoms with Gasteiger partial charge in [0.1, 0.15) is 0 Å². The van der Waals surface area contributed by atoms with Crippen molar-refractivity contribution in [1.82, 2.24) is 5.32 Å². The smallest absolute Gasteiger partial charge is 0.230 e. The summed E-state index contributed by atoms with van der Waals surface area (Å²) in [5.41, 5.74) is 0. The summed E-state index contributed by atoms with van der Waals surface area (Å²) in [6, 6.07) is 0.249. The van der Waals surface area contributed by atoms with Crippen LogP contribution in [0.15, 0.2) is 0 Å². The summed E-state index contributed by atoms with van der Waals surface area (Å²) < 4.78 is 5.24. The molecule has 1 heterocycles. The van der Waals surface area contributed by atoms with E-state index >= 15 is 0 Å². The highest BCUT2D eigenvalue weighted by atomic mass is 32.2. The van der Waals surface area contributed by atoms with E-state index in [1.807, 2.05) is 6.26 Å². The topological polar surface area (TPSA) is 38.3 Å². The summed E-state index contributed by atoms with van der Waals surface area (Å²) in [6.07, 6.45) is 4.04. The van der Waals surface area contributed by atoms with Gasteiger partial charge >= 0.3 is 0 Å². The van der Waals surface area contributed by atoms with Crippen molar-refractivity contribution in [2.24, 2.45) is 0 Å². The van der Waals surface area contributed by atoms with Gasteiger partial charge in [0.25, 0.3) is 0 Å². The van der Waals surface area contributed by atoms with Gasteiger partial charge in [-0.1, -0.05) is 0 Å². The van der Waals surface area contributed by atoms with Crippen molar-refractivity contribution < 1.29 is 9.53 Å². The number of rotatable bonds is 3. The molecule has 0 aromatic carbocycles. The number of hydrogen-bond acceptors (Lipinski definition) is 3. The van der Waals surface area contributed by atoms with Crippen LogP contribution in [0.4, 0.5) is 0 Å². The molecule has 0 radical (unpaired) electrons. The number of amides is 1. The lowest BCUT2D eigenvalue weighted by Gasteiger charge is -2.22. The second-order valence-corrected chi connectivity index (χ2v) is 3.78. The van der Waals surface area contributed by atoms with Gasteiger partial charge in [0.15, 0.2) is 0 Å². The van der Waals surface area contributed by atoms with Crippen LogP contribution in [0.5, 0.6) is 0 Å².